The molecule has 0 amide bonds. The molecule has 1 N–H and O–H groups in total. The number of hydrogen-bond acceptors (Lipinski definition) is 4. The number of halogens is 4. The third kappa shape index (κ3) is 3.24. The van der Waals surface area contributed by atoms with Crippen LogP contribution in [0.15, 0.2) is 22.7 Å². The molecular weight excluding hydrogens is 285 g/mol. The third-order valence-electron chi connectivity index (χ3n) is 2.32. The highest BCUT2D eigenvalue weighted by atomic mass is 35.5. The van der Waals surface area contributed by atoms with E-state index in [1.54, 1.807) is 0 Å². The van der Waals surface area contributed by atoms with Gasteiger partial charge >= 0.3 is 0 Å². The van der Waals surface area contributed by atoms with Crippen LogP contribution in [0.4, 0.5) is 13.2 Å². The van der Waals surface area contributed by atoms with E-state index in [2.05, 4.69) is 10.1 Å². The fourth-order valence-electron chi connectivity index (χ4n) is 1.36. The van der Waals surface area contributed by atoms with Gasteiger partial charge in [0.05, 0.1) is 11.4 Å². The Bertz CT molecular complexity index is 577. The second-order valence-electron chi connectivity index (χ2n) is 3.75. The first-order chi connectivity index (χ1) is 8.97. The second-order valence-corrected chi connectivity index (χ2v) is 4.15. The van der Waals surface area contributed by atoms with E-state index in [0.717, 1.165) is 6.07 Å². The summed E-state index contributed by atoms with van der Waals surface area (Å²) in [6.07, 6.45) is -5.22. The highest BCUT2D eigenvalue weighted by molar-refractivity contribution is 6.31. The lowest BCUT2D eigenvalue weighted by Crippen LogP contribution is -2.20. The molecule has 2 aromatic rings. The van der Waals surface area contributed by atoms with Gasteiger partial charge in [0.2, 0.25) is 11.7 Å². The largest absolute Gasteiger partial charge is 0.387 e. The molecule has 0 saturated carbocycles. The second kappa shape index (κ2) is 5.58. The topological polar surface area (TPSA) is 59.2 Å². The summed E-state index contributed by atoms with van der Waals surface area (Å²) in [6.45, 7) is 0. The Hall–Kier alpha value is -1.60. The molecule has 0 aliphatic rings. The van der Waals surface area contributed by atoms with Crippen molar-refractivity contribution in [3.05, 3.63) is 34.9 Å². The summed E-state index contributed by atoms with van der Waals surface area (Å²) < 4.78 is 42.0. The predicted octanol–water partition coefficient (Wildman–Crippen LogP) is 2.70. The van der Waals surface area contributed by atoms with Gasteiger partial charge in [0.15, 0.2) is 0 Å². The van der Waals surface area contributed by atoms with Gasteiger partial charge in [-0.15, -0.1) is 0 Å². The monoisotopic (exact) mass is 292 g/mol. The number of aliphatic hydroxyl groups is 1. The minimum absolute atomic E-state index is 0.0818. The van der Waals surface area contributed by atoms with E-state index in [1.807, 2.05) is 0 Å². The van der Waals surface area contributed by atoms with Crippen molar-refractivity contribution in [1.29, 1.82) is 0 Å². The van der Waals surface area contributed by atoms with Gasteiger partial charge in [0, 0.05) is 5.56 Å². The van der Waals surface area contributed by atoms with E-state index in [-0.39, 0.29) is 16.7 Å². The van der Waals surface area contributed by atoms with E-state index in [4.69, 9.17) is 21.2 Å². The van der Waals surface area contributed by atoms with Crippen LogP contribution < -0.4 is 0 Å². The Morgan fingerprint density at radius 1 is 1.37 bits per heavy atom. The van der Waals surface area contributed by atoms with Crippen molar-refractivity contribution in [3.63, 3.8) is 0 Å². The molecule has 0 aliphatic heterocycles. The zero-order valence-electron chi connectivity index (χ0n) is 9.36. The van der Waals surface area contributed by atoms with E-state index < -0.39 is 24.8 Å². The van der Waals surface area contributed by atoms with Gasteiger partial charge in [-0.3, -0.25) is 0 Å². The molecule has 1 aromatic heterocycles. The van der Waals surface area contributed by atoms with Crippen molar-refractivity contribution >= 4 is 11.6 Å². The van der Waals surface area contributed by atoms with E-state index >= 15 is 0 Å². The first-order valence-corrected chi connectivity index (χ1v) is 5.59. The van der Waals surface area contributed by atoms with Crippen molar-refractivity contribution < 1.29 is 22.8 Å². The predicted molar refractivity (Wildman–Crippen MR) is 60.4 cm³/mol. The zero-order chi connectivity index (χ0) is 14.0. The van der Waals surface area contributed by atoms with Crippen molar-refractivity contribution in [2.75, 3.05) is 0 Å². The minimum Gasteiger partial charge on any atom is -0.387 e. The molecule has 4 nitrogen and oxygen atoms in total. The summed E-state index contributed by atoms with van der Waals surface area (Å²) in [5.74, 6) is -0.649. The van der Waals surface area contributed by atoms with E-state index in [9.17, 15) is 13.2 Å². The van der Waals surface area contributed by atoms with Crippen LogP contribution >= 0.6 is 11.6 Å². The Kier molecular flexibility index (Phi) is 4.06. The fraction of sp³-hybridized carbons (Fsp3) is 0.273. The van der Waals surface area contributed by atoms with Gasteiger partial charge in [-0.25, -0.2) is 13.2 Å². The van der Waals surface area contributed by atoms with E-state index in [0.29, 0.717) is 5.56 Å². The van der Waals surface area contributed by atoms with Crippen molar-refractivity contribution in [3.8, 4) is 11.4 Å². The summed E-state index contributed by atoms with van der Waals surface area (Å²) in [7, 11) is 0. The molecule has 0 aliphatic carbocycles. The summed E-state index contributed by atoms with van der Waals surface area (Å²) in [5.41, 5.74) is 0.382. The Labute approximate surface area is 110 Å². The van der Waals surface area contributed by atoms with Gasteiger partial charge < -0.3 is 9.63 Å². The van der Waals surface area contributed by atoms with Crippen LogP contribution in [0, 0.1) is 5.82 Å². The van der Waals surface area contributed by atoms with Gasteiger partial charge in [0.25, 0.3) is 6.43 Å². The lowest BCUT2D eigenvalue weighted by molar-refractivity contribution is -0.00754. The minimum atomic E-state index is -2.89. The van der Waals surface area contributed by atoms with Crippen LogP contribution in [0.5, 0.6) is 0 Å². The molecule has 8 heteroatoms. The average molecular weight is 293 g/mol. The van der Waals surface area contributed by atoms with Crippen LogP contribution in [0.2, 0.25) is 5.02 Å². The molecule has 0 fully saturated rings. The van der Waals surface area contributed by atoms with Crippen LogP contribution in [0.1, 0.15) is 5.89 Å². The maximum atomic E-state index is 13.0. The van der Waals surface area contributed by atoms with E-state index in [1.165, 1.54) is 12.1 Å². The number of aliphatic hydroxyl groups excluding tert-OH is 1. The van der Waals surface area contributed by atoms with Gasteiger partial charge in [0.1, 0.15) is 11.9 Å². The number of aromatic nitrogens is 2. The fourth-order valence-corrected chi connectivity index (χ4v) is 1.54. The lowest BCUT2D eigenvalue weighted by Gasteiger charge is -2.04. The number of hydrogen-bond donors (Lipinski definition) is 1. The maximum absolute atomic E-state index is 13.0. The van der Waals surface area contributed by atoms with Crippen molar-refractivity contribution in [1.82, 2.24) is 10.1 Å². The standard InChI is InChI=1S/C11H8ClF3N2O2/c12-6-3-5(1-2-7(6)13)11-16-9(19-17-11)4-8(18)10(14)15/h1-3,8,10,18H,4H2. The zero-order valence-corrected chi connectivity index (χ0v) is 10.1. The summed E-state index contributed by atoms with van der Waals surface area (Å²) in [6, 6.07) is 3.79. The smallest absolute Gasteiger partial charge is 0.264 e. The SMILES string of the molecule is OC(Cc1nc(-c2ccc(F)c(Cl)c2)no1)C(F)F. The maximum Gasteiger partial charge on any atom is 0.264 e. The van der Waals surface area contributed by atoms with Crippen LogP contribution in [0.3, 0.4) is 0 Å². The number of nitrogens with zero attached hydrogens (tertiary/aromatic N) is 2. The van der Waals surface area contributed by atoms with Crippen molar-refractivity contribution in [2.45, 2.75) is 19.0 Å². The molecule has 0 bridgehead atoms. The highest BCUT2D eigenvalue weighted by Gasteiger charge is 2.21. The van der Waals surface area contributed by atoms with Crippen molar-refractivity contribution in [2.24, 2.45) is 0 Å². The van der Waals surface area contributed by atoms with Crippen LogP contribution in [0.25, 0.3) is 11.4 Å². The molecule has 0 saturated heterocycles. The third-order valence-corrected chi connectivity index (χ3v) is 2.61. The molecule has 1 unspecified atom stereocenters. The molecule has 2 rings (SSSR count). The molecular formula is C11H8ClF3N2O2. The molecule has 102 valence electrons. The van der Waals surface area contributed by atoms with Gasteiger partial charge in [-0.1, -0.05) is 16.8 Å². The first kappa shape index (κ1) is 13.8. The highest BCUT2D eigenvalue weighted by Crippen LogP contribution is 2.23. The Balaban J connectivity index is 2.18. The lowest BCUT2D eigenvalue weighted by atomic mass is 10.2. The molecule has 1 atom stereocenters. The summed E-state index contributed by atoms with van der Waals surface area (Å²) >= 11 is 5.60. The summed E-state index contributed by atoms with van der Waals surface area (Å²) in [4.78, 5) is 3.82. The first-order valence-electron chi connectivity index (χ1n) is 5.21. The molecule has 0 spiro atoms. The molecule has 1 aromatic carbocycles. The normalized spacial score (nSPS) is 12.9. The Morgan fingerprint density at radius 2 is 2.11 bits per heavy atom. The quantitative estimate of drug-likeness (QED) is 0.941. The molecule has 19 heavy (non-hydrogen) atoms. The number of rotatable bonds is 4. The number of benzene rings is 1. The van der Waals surface area contributed by atoms with Gasteiger partial charge in [-0.05, 0) is 18.2 Å². The molecule has 0 radical (unpaired) electrons. The molecule has 1 heterocycles. The Morgan fingerprint density at radius 3 is 2.74 bits per heavy atom. The summed E-state index contributed by atoms with van der Waals surface area (Å²) in [5, 5.41) is 12.4. The van der Waals surface area contributed by atoms with Gasteiger partial charge in [-0.2, -0.15) is 4.98 Å². The van der Waals surface area contributed by atoms with Crippen LogP contribution in [-0.4, -0.2) is 27.8 Å². The number of alkyl halides is 2. The average Bonchev–Trinajstić information content (AvgIpc) is 2.81. The van der Waals surface area contributed by atoms with Crippen LogP contribution in [-0.2, 0) is 6.42 Å².